The Morgan fingerprint density at radius 2 is 1.87 bits per heavy atom. The first-order valence-corrected chi connectivity index (χ1v) is 11.2. The number of piperazine rings is 1. The molecule has 1 fully saturated rings. The third kappa shape index (κ3) is 4.08. The lowest BCUT2D eigenvalue weighted by Crippen LogP contribution is -2.46. The van der Waals surface area contributed by atoms with E-state index in [2.05, 4.69) is 44.4 Å². The topological polar surface area (TPSA) is 60.6 Å². The van der Waals surface area contributed by atoms with Crippen LogP contribution in [0.25, 0.3) is 22.2 Å². The number of H-pyrrole nitrogens is 1. The first kappa shape index (κ1) is 20.5. The van der Waals surface area contributed by atoms with E-state index in [-0.39, 0.29) is 5.91 Å². The third-order valence-electron chi connectivity index (χ3n) is 6.37. The summed E-state index contributed by atoms with van der Waals surface area (Å²) in [4.78, 5) is 20.8. The second kappa shape index (κ2) is 8.63. The van der Waals surface area contributed by atoms with Crippen molar-refractivity contribution < 1.29 is 9.53 Å². The number of carbonyl (C=O) groups is 1. The van der Waals surface area contributed by atoms with E-state index in [0.717, 1.165) is 73.6 Å². The van der Waals surface area contributed by atoms with Gasteiger partial charge in [-0.3, -0.25) is 14.6 Å². The van der Waals surface area contributed by atoms with Gasteiger partial charge in [-0.25, -0.2) is 0 Å². The summed E-state index contributed by atoms with van der Waals surface area (Å²) in [6.07, 6.45) is 0. The Morgan fingerprint density at radius 1 is 1.06 bits per heavy atom. The summed E-state index contributed by atoms with van der Waals surface area (Å²) in [6, 6.07) is 12.5. The van der Waals surface area contributed by atoms with Gasteiger partial charge in [0.1, 0.15) is 0 Å². The molecule has 1 aromatic heterocycles. The molecule has 3 aromatic rings. The average molecular weight is 439 g/mol. The Morgan fingerprint density at radius 3 is 2.68 bits per heavy atom. The van der Waals surface area contributed by atoms with Gasteiger partial charge in [0.05, 0.1) is 12.2 Å². The Kier molecular flexibility index (Phi) is 5.71. The molecule has 0 radical (unpaired) electrons. The Bertz CT molecular complexity index is 1120. The Labute approximate surface area is 187 Å². The van der Waals surface area contributed by atoms with E-state index >= 15 is 0 Å². The highest BCUT2D eigenvalue weighted by Crippen LogP contribution is 2.34. The fourth-order valence-electron chi connectivity index (χ4n) is 4.61. The third-order valence-corrected chi connectivity index (χ3v) is 6.72. The van der Waals surface area contributed by atoms with Crippen LogP contribution in [-0.2, 0) is 17.8 Å². The molecule has 1 amide bonds. The van der Waals surface area contributed by atoms with Crippen molar-refractivity contribution in [3.05, 3.63) is 58.1 Å². The Hall–Kier alpha value is -2.38. The van der Waals surface area contributed by atoms with E-state index in [0.29, 0.717) is 17.1 Å². The number of fused-ring (bicyclic) bond motifs is 2. The molecule has 1 saturated heterocycles. The van der Waals surface area contributed by atoms with E-state index in [4.69, 9.17) is 16.3 Å². The molecule has 7 heteroatoms. The predicted octanol–water partition coefficient (Wildman–Crippen LogP) is 3.50. The minimum atomic E-state index is -0.0588. The first-order chi connectivity index (χ1) is 15.1. The van der Waals surface area contributed by atoms with Crippen molar-refractivity contribution in [3.63, 3.8) is 0 Å². The molecule has 31 heavy (non-hydrogen) atoms. The van der Waals surface area contributed by atoms with Crippen LogP contribution in [0.2, 0.25) is 5.02 Å². The van der Waals surface area contributed by atoms with E-state index in [9.17, 15) is 4.79 Å². The van der Waals surface area contributed by atoms with E-state index in [1.54, 1.807) is 7.11 Å². The van der Waals surface area contributed by atoms with Gasteiger partial charge in [-0.1, -0.05) is 23.7 Å². The molecule has 162 valence electrons. The van der Waals surface area contributed by atoms with Crippen LogP contribution in [0.3, 0.4) is 0 Å². The van der Waals surface area contributed by atoms with Crippen molar-refractivity contribution in [2.45, 2.75) is 13.1 Å². The number of aromatic amines is 1. The lowest BCUT2D eigenvalue weighted by Gasteiger charge is -2.34. The molecule has 0 unspecified atom stereocenters. The number of amides is 1. The zero-order chi connectivity index (χ0) is 21.4. The highest BCUT2D eigenvalue weighted by molar-refractivity contribution is 6.32. The van der Waals surface area contributed by atoms with Crippen LogP contribution in [0.5, 0.6) is 0 Å². The Balaban J connectivity index is 1.34. The minimum Gasteiger partial charge on any atom is -0.383 e. The number of nitrogens with zero attached hydrogens (tertiary/aromatic N) is 2. The minimum absolute atomic E-state index is 0.0588. The summed E-state index contributed by atoms with van der Waals surface area (Å²) in [7, 11) is 1.76. The number of aromatic nitrogens is 1. The van der Waals surface area contributed by atoms with Gasteiger partial charge in [0, 0.05) is 85.7 Å². The number of methoxy groups -OCH3 is 1. The number of benzene rings is 2. The molecule has 5 rings (SSSR count). The summed E-state index contributed by atoms with van der Waals surface area (Å²) in [5.74, 6) is -0.0588. The standard InChI is InChI=1S/C24H27ClN4O2/c1-31-11-10-28-6-8-29(9-7-28)15-16-2-5-21-17(12-16)13-22(27-21)18-3-4-20(25)19-14-26-24(30)23(18)19/h2-5,12-13,27H,6-11,14-15H2,1H3,(H,26,30). The maximum atomic E-state index is 12.4. The van der Waals surface area contributed by atoms with Gasteiger partial charge in [0.25, 0.3) is 5.91 Å². The van der Waals surface area contributed by atoms with Crippen molar-refractivity contribution >= 4 is 28.4 Å². The second-order valence-electron chi connectivity index (χ2n) is 8.35. The van der Waals surface area contributed by atoms with Crippen LogP contribution in [0, 0.1) is 0 Å². The summed E-state index contributed by atoms with van der Waals surface area (Å²) in [5, 5.41) is 4.68. The van der Waals surface area contributed by atoms with Gasteiger partial charge < -0.3 is 15.0 Å². The predicted molar refractivity (Wildman–Crippen MR) is 124 cm³/mol. The van der Waals surface area contributed by atoms with Crippen molar-refractivity contribution in [1.29, 1.82) is 0 Å². The van der Waals surface area contributed by atoms with Crippen LogP contribution in [0.1, 0.15) is 21.5 Å². The number of hydrogen-bond acceptors (Lipinski definition) is 4. The lowest BCUT2D eigenvalue weighted by molar-refractivity contribution is 0.0938. The maximum absolute atomic E-state index is 12.4. The SMILES string of the molecule is COCCN1CCN(Cc2ccc3[nH]c(-c4ccc(Cl)c5c4C(=O)NC5)cc3c2)CC1. The number of rotatable bonds is 6. The highest BCUT2D eigenvalue weighted by atomic mass is 35.5. The lowest BCUT2D eigenvalue weighted by atomic mass is 10.0. The molecule has 3 heterocycles. The van der Waals surface area contributed by atoms with Gasteiger partial charge in [-0.15, -0.1) is 0 Å². The molecular formula is C24H27ClN4O2. The highest BCUT2D eigenvalue weighted by Gasteiger charge is 2.26. The smallest absolute Gasteiger partial charge is 0.252 e. The second-order valence-corrected chi connectivity index (χ2v) is 8.75. The summed E-state index contributed by atoms with van der Waals surface area (Å²) in [5.41, 5.74) is 5.80. The summed E-state index contributed by atoms with van der Waals surface area (Å²) < 4.78 is 5.19. The van der Waals surface area contributed by atoms with Gasteiger partial charge in [-0.2, -0.15) is 0 Å². The summed E-state index contributed by atoms with van der Waals surface area (Å²) in [6.45, 7) is 7.57. The normalized spacial score (nSPS) is 17.3. The van der Waals surface area contributed by atoms with Crippen LogP contribution in [0.15, 0.2) is 36.4 Å². The molecule has 2 aliphatic rings. The van der Waals surface area contributed by atoms with Gasteiger partial charge in [-0.05, 0) is 29.8 Å². The van der Waals surface area contributed by atoms with Gasteiger partial charge in [0.15, 0.2) is 0 Å². The molecule has 0 spiro atoms. The number of halogens is 1. The number of hydrogen-bond donors (Lipinski definition) is 2. The zero-order valence-electron chi connectivity index (χ0n) is 17.7. The van der Waals surface area contributed by atoms with E-state index < -0.39 is 0 Å². The molecule has 0 aliphatic carbocycles. The number of carbonyl (C=O) groups excluding carboxylic acids is 1. The monoisotopic (exact) mass is 438 g/mol. The maximum Gasteiger partial charge on any atom is 0.252 e. The van der Waals surface area contributed by atoms with Crippen molar-refractivity contribution in [3.8, 4) is 11.3 Å². The van der Waals surface area contributed by atoms with E-state index in [1.165, 1.54) is 5.56 Å². The van der Waals surface area contributed by atoms with E-state index in [1.807, 2.05) is 12.1 Å². The largest absolute Gasteiger partial charge is 0.383 e. The van der Waals surface area contributed by atoms with Crippen LogP contribution < -0.4 is 5.32 Å². The van der Waals surface area contributed by atoms with Crippen LogP contribution >= 0.6 is 11.6 Å². The molecule has 2 aromatic carbocycles. The fraction of sp³-hybridized carbons (Fsp3) is 0.375. The fourth-order valence-corrected chi connectivity index (χ4v) is 4.84. The van der Waals surface area contributed by atoms with Crippen LogP contribution in [-0.4, -0.2) is 67.1 Å². The molecule has 0 atom stereocenters. The van der Waals surface area contributed by atoms with Gasteiger partial charge >= 0.3 is 0 Å². The van der Waals surface area contributed by atoms with Crippen molar-refractivity contribution in [2.75, 3.05) is 46.4 Å². The van der Waals surface area contributed by atoms with Crippen LogP contribution in [0.4, 0.5) is 0 Å². The number of nitrogens with one attached hydrogen (secondary N) is 2. The van der Waals surface area contributed by atoms with Crippen molar-refractivity contribution in [1.82, 2.24) is 20.1 Å². The molecule has 2 aliphatic heterocycles. The van der Waals surface area contributed by atoms with Gasteiger partial charge in [0.2, 0.25) is 0 Å². The molecule has 6 nitrogen and oxygen atoms in total. The molecular weight excluding hydrogens is 412 g/mol. The summed E-state index contributed by atoms with van der Waals surface area (Å²) >= 11 is 6.30. The molecule has 2 N–H and O–H groups in total. The quantitative estimate of drug-likeness (QED) is 0.618. The first-order valence-electron chi connectivity index (χ1n) is 10.8. The zero-order valence-corrected chi connectivity index (χ0v) is 18.5. The number of ether oxygens (including phenoxy) is 1. The molecule has 0 saturated carbocycles. The average Bonchev–Trinajstić information content (AvgIpc) is 3.38. The van der Waals surface area contributed by atoms with Crippen molar-refractivity contribution in [2.24, 2.45) is 0 Å². The molecule has 0 bridgehead atoms.